The monoisotopic (exact) mass is 432 g/mol. The lowest BCUT2D eigenvalue weighted by Gasteiger charge is -2.38. The molecule has 0 aliphatic carbocycles. The van der Waals surface area contributed by atoms with Crippen LogP contribution in [0.5, 0.6) is 0 Å². The number of pyridine rings is 1. The van der Waals surface area contributed by atoms with Crippen LogP contribution in [0.4, 0.5) is 0 Å². The van der Waals surface area contributed by atoms with E-state index in [1.54, 1.807) is 7.11 Å². The number of methoxy groups -OCH3 is 1. The van der Waals surface area contributed by atoms with E-state index in [0.717, 1.165) is 36.3 Å². The molecule has 0 bridgehead atoms. The first-order valence-corrected chi connectivity index (χ1v) is 10.9. The van der Waals surface area contributed by atoms with Gasteiger partial charge in [0.1, 0.15) is 6.17 Å². The molecule has 2 aromatic heterocycles. The number of nitrogens with one attached hydrogen (secondary N) is 2. The Balaban J connectivity index is 1.40. The normalized spacial score (nSPS) is 22.2. The van der Waals surface area contributed by atoms with Crippen molar-refractivity contribution in [2.24, 2.45) is 0 Å². The van der Waals surface area contributed by atoms with Crippen molar-refractivity contribution in [1.82, 2.24) is 24.9 Å². The minimum absolute atomic E-state index is 0.0786. The van der Waals surface area contributed by atoms with Gasteiger partial charge in [-0.05, 0) is 55.0 Å². The molecule has 2 N–H and O–H groups in total. The van der Waals surface area contributed by atoms with Gasteiger partial charge in [-0.15, -0.1) is 0 Å². The lowest BCUT2D eigenvalue weighted by molar-refractivity contribution is 0.180. The van der Waals surface area contributed by atoms with Gasteiger partial charge in [0.15, 0.2) is 5.82 Å². The van der Waals surface area contributed by atoms with E-state index in [9.17, 15) is 4.79 Å². The Morgan fingerprint density at radius 2 is 2.19 bits per heavy atom. The number of nitrogens with zero attached hydrogens (tertiary/aromatic N) is 4. The molecule has 0 saturated carbocycles. The summed E-state index contributed by atoms with van der Waals surface area (Å²) in [6.07, 6.45) is 11.1. The molecule has 0 radical (unpaired) electrons. The summed E-state index contributed by atoms with van der Waals surface area (Å²) in [6.45, 7) is 6.16. The second-order valence-electron chi connectivity index (χ2n) is 8.59. The number of fused-ring (bicyclic) bond motifs is 2. The lowest BCUT2D eigenvalue weighted by Crippen LogP contribution is -2.51. The van der Waals surface area contributed by atoms with Crippen molar-refractivity contribution in [1.29, 1.82) is 0 Å². The third-order valence-electron chi connectivity index (χ3n) is 6.15. The first-order chi connectivity index (χ1) is 15.5. The summed E-state index contributed by atoms with van der Waals surface area (Å²) < 4.78 is 6.67. The fourth-order valence-corrected chi connectivity index (χ4v) is 4.56. The van der Waals surface area contributed by atoms with Gasteiger partial charge in [0.25, 0.3) is 5.56 Å². The number of allylic oxidation sites excluding steroid dienone is 2. The Hall–Kier alpha value is -3.23. The molecule has 8 nitrogen and oxygen atoms in total. The standard InChI is InChI=1S/C24H28N6O2/c1-15-8-22-27-20(14-32-3)11-23(31)30(22)28-24(15)29-7-5-21-19(13-29)10-18(12-26-21)17-4-6-25-16(2)9-17/h4,6,8-12,16,24-25,28H,5,7,13-14H2,1-3H3. The third kappa shape index (κ3) is 3.87. The topological polar surface area (TPSA) is 84.3 Å². The number of aromatic nitrogens is 3. The van der Waals surface area contributed by atoms with Crippen molar-refractivity contribution < 1.29 is 4.74 Å². The second kappa shape index (κ2) is 8.37. The van der Waals surface area contributed by atoms with Crippen LogP contribution in [-0.2, 0) is 24.3 Å². The van der Waals surface area contributed by atoms with E-state index in [1.165, 1.54) is 21.9 Å². The van der Waals surface area contributed by atoms with Gasteiger partial charge in [-0.25, -0.2) is 9.66 Å². The van der Waals surface area contributed by atoms with Crippen LogP contribution in [-0.4, -0.2) is 45.4 Å². The quantitative estimate of drug-likeness (QED) is 0.765. The van der Waals surface area contributed by atoms with Crippen molar-refractivity contribution in [2.75, 3.05) is 19.1 Å². The first-order valence-electron chi connectivity index (χ1n) is 10.9. The molecule has 5 heterocycles. The summed E-state index contributed by atoms with van der Waals surface area (Å²) in [5.74, 6) is 0.610. The largest absolute Gasteiger partial charge is 0.385 e. The van der Waals surface area contributed by atoms with Crippen LogP contribution in [0.2, 0.25) is 0 Å². The molecule has 0 saturated heterocycles. The zero-order chi connectivity index (χ0) is 22.2. The van der Waals surface area contributed by atoms with Crippen molar-refractivity contribution in [2.45, 2.75) is 45.6 Å². The molecule has 3 aliphatic heterocycles. The number of ether oxygens (including phenoxy) is 1. The molecule has 32 heavy (non-hydrogen) atoms. The first kappa shape index (κ1) is 20.7. The zero-order valence-electron chi connectivity index (χ0n) is 18.6. The summed E-state index contributed by atoms with van der Waals surface area (Å²) in [5, 5.41) is 3.28. The summed E-state index contributed by atoms with van der Waals surface area (Å²) in [6, 6.07) is 4.08. The Labute approximate surface area is 187 Å². The minimum Gasteiger partial charge on any atom is -0.385 e. The molecular formula is C24H28N6O2. The smallest absolute Gasteiger partial charge is 0.272 e. The number of hydrogen-bond donors (Lipinski definition) is 2. The maximum Gasteiger partial charge on any atom is 0.272 e. The minimum atomic E-state index is -0.129. The molecule has 3 aliphatic rings. The van der Waals surface area contributed by atoms with Gasteiger partial charge in [0.2, 0.25) is 0 Å². The predicted octanol–water partition coefficient (Wildman–Crippen LogP) is 2.02. The van der Waals surface area contributed by atoms with Crippen molar-refractivity contribution in [3.8, 4) is 0 Å². The molecule has 0 fully saturated rings. The summed E-state index contributed by atoms with van der Waals surface area (Å²) in [5.41, 5.74) is 9.71. The zero-order valence-corrected chi connectivity index (χ0v) is 18.6. The fraction of sp³-hybridized carbons (Fsp3) is 0.375. The molecule has 166 valence electrons. The van der Waals surface area contributed by atoms with E-state index in [4.69, 9.17) is 9.72 Å². The van der Waals surface area contributed by atoms with Crippen molar-refractivity contribution in [3.05, 3.63) is 80.9 Å². The summed E-state index contributed by atoms with van der Waals surface area (Å²) in [4.78, 5) is 24.3. The predicted molar refractivity (Wildman–Crippen MR) is 124 cm³/mol. The van der Waals surface area contributed by atoms with E-state index < -0.39 is 0 Å². The average Bonchev–Trinajstić information content (AvgIpc) is 2.78. The Morgan fingerprint density at radius 3 is 3.00 bits per heavy atom. The Bertz CT molecular complexity index is 1200. The van der Waals surface area contributed by atoms with Gasteiger partial charge in [0.05, 0.1) is 12.3 Å². The van der Waals surface area contributed by atoms with Gasteiger partial charge in [-0.2, -0.15) is 0 Å². The number of hydrogen-bond acceptors (Lipinski definition) is 7. The van der Waals surface area contributed by atoms with Gasteiger partial charge >= 0.3 is 0 Å². The molecule has 8 heteroatoms. The highest BCUT2D eigenvalue weighted by Gasteiger charge is 2.29. The molecule has 0 amide bonds. The van der Waals surface area contributed by atoms with E-state index in [-0.39, 0.29) is 11.7 Å². The van der Waals surface area contributed by atoms with Gasteiger partial charge in [0, 0.05) is 56.2 Å². The highest BCUT2D eigenvalue weighted by atomic mass is 16.5. The van der Waals surface area contributed by atoms with Crippen LogP contribution in [0, 0.1) is 0 Å². The Morgan fingerprint density at radius 1 is 1.31 bits per heavy atom. The van der Waals surface area contributed by atoms with E-state index in [1.807, 2.05) is 18.5 Å². The van der Waals surface area contributed by atoms with Crippen LogP contribution in [0.25, 0.3) is 11.6 Å². The SMILES string of the molecule is COCc1cc(=O)n2c(n1)C=C(C)C(N1CCc3ncc(C4=CC(C)NC=C4)cc3C1)N2. The van der Waals surface area contributed by atoms with Crippen LogP contribution < -0.4 is 16.3 Å². The van der Waals surface area contributed by atoms with Gasteiger partial charge < -0.3 is 10.1 Å². The van der Waals surface area contributed by atoms with Gasteiger partial charge in [-0.1, -0.05) is 6.08 Å². The number of dihydropyridines is 1. The van der Waals surface area contributed by atoms with Crippen molar-refractivity contribution >= 4 is 11.6 Å². The van der Waals surface area contributed by atoms with E-state index in [0.29, 0.717) is 24.2 Å². The molecule has 2 aromatic rings. The molecular weight excluding hydrogens is 404 g/mol. The highest BCUT2D eigenvalue weighted by molar-refractivity contribution is 5.75. The number of rotatable bonds is 4. The van der Waals surface area contributed by atoms with Crippen LogP contribution in [0.15, 0.2) is 47.0 Å². The fourth-order valence-electron chi connectivity index (χ4n) is 4.56. The lowest BCUT2D eigenvalue weighted by atomic mass is 9.97. The van der Waals surface area contributed by atoms with Crippen LogP contribution in [0.3, 0.4) is 0 Å². The summed E-state index contributed by atoms with van der Waals surface area (Å²) in [7, 11) is 1.60. The molecule has 2 atom stereocenters. The summed E-state index contributed by atoms with van der Waals surface area (Å²) >= 11 is 0. The molecule has 5 rings (SSSR count). The van der Waals surface area contributed by atoms with Gasteiger partial charge in [-0.3, -0.25) is 20.1 Å². The van der Waals surface area contributed by atoms with E-state index >= 15 is 0 Å². The molecule has 2 unspecified atom stereocenters. The maximum atomic E-state index is 12.7. The van der Waals surface area contributed by atoms with Crippen molar-refractivity contribution in [3.63, 3.8) is 0 Å². The average molecular weight is 433 g/mol. The second-order valence-corrected chi connectivity index (χ2v) is 8.59. The van der Waals surface area contributed by atoms with Crippen LogP contribution >= 0.6 is 0 Å². The van der Waals surface area contributed by atoms with E-state index in [2.05, 4.69) is 52.7 Å². The highest BCUT2D eigenvalue weighted by Crippen LogP contribution is 2.27. The molecule has 0 spiro atoms. The Kier molecular flexibility index (Phi) is 5.40. The maximum absolute atomic E-state index is 12.7. The van der Waals surface area contributed by atoms with Crippen LogP contribution in [0.1, 0.15) is 42.2 Å². The third-order valence-corrected chi connectivity index (χ3v) is 6.15. The molecule has 0 aromatic carbocycles.